The Morgan fingerprint density at radius 2 is 2.20 bits per heavy atom. The zero-order chi connectivity index (χ0) is 14.4. The summed E-state index contributed by atoms with van der Waals surface area (Å²) in [5.74, 6) is 0.541. The molecule has 0 atom stereocenters. The summed E-state index contributed by atoms with van der Waals surface area (Å²) in [5.41, 5.74) is 1.93. The fourth-order valence-electron chi connectivity index (χ4n) is 1.82. The largest absolute Gasteiger partial charge is 0.494 e. The Labute approximate surface area is 118 Å². The average Bonchev–Trinajstić information content (AvgIpc) is 2.48. The van der Waals surface area contributed by atoms with E-state index in [-0.39, 0.29) is 5.91 Å². The number of aromatic nitrogens is 1. The highest BCUT2D eigenvalue weighted by molar-refractivity contribution is 6.07. The standard InChI is InChI=1S/C15H17N3O2/c1-3-20-12-6-4-5-11(9-12)18-15(19)13-7-8-17-10-14(13)16-2/h4-10,16H,3H2,1-2H3,(H,18,19). The van der Waals surface area contributed by atoms with E-state index in [4.69, 9.17) is 4.74 Å². The molecule has 0 aliphatic carbocycles. The van der Waals surface area contributed by atoms with E-state index in [9.17, 15) is 4.79 Å². The number of hydrogen-bond donors (Lipinski definition) is 2. The number of nitrogens with zero attached hydrogens (tertiary/aromatic N) is 1. The maximum absolute atomic E-state index is 12.2. The maximum atomic E-state index is 12.2. The Balaban J connectivity index is 2.17. The molecule has 0 aliphatic heterocycles. The van der Waals surface area contributed by atoms with Crippen LogP contribution in [0.15, 0.2) is 42.7 Å². The normalized spacial score (nSPS) is 9.90. The van der Waals surface area contributed by atoms with Crippen LogP contribution in [0.2, 0.25) is 0 Å². The van der Waals surface area contributed by atoms with Gasteiger partial charge in [-0.25, -0.2) is 0 Å². The van der Waals surface area contributed by atoms with Crippen LogP contribution in [0.5, 0.6) is 5.75 Å². The molecule has 1 heterocycles. The van der Waals surface area contributed by atoms with Gasteiger partial charge in [-0.2, -0.15) is 0 Å². The van der Waals surface area contributed by atoms with Gasteiger partial charge in [0.05, 0.1) is 24.1 Å². The molecule has 0 radical (unpaired) electrons. The summed E-state index contributed by atoms with van der Waals surface area (Å²) in [7, 11) is 1.75. The molecule has 0 saturated heterocycles. The van der Waals surface area contributed by atoms with E-state index in [1.165, 1.54) is 0 Å². The van der Waals surface area contributed by atoms with E-state index in [2.05, 4.69) is 15.6 Å². The summed E-state index contributed by atoms with van der Waals surface area (Å²) in [6, 6.07) is 8.98. The molecular weight excluding hydrogens is 254 g/mol. The molecule has 1 amide bonds. The first kappa shape index (κ1) is 13.9. The van der Waals surface area contributed by atoms with Crippen molar-refractivity contribution in [3.63, 3.8) is 0 Å². The minimum Gasteiger partial charge on any atom is -0.494 e. The van der Waals surface area contributed by atoms with Gasteiger partial charge in [-0.3, -0.25) is 9.78 Å². The molecule has 1 aromatic heterocycles. The highest BCUT2D eigenvalue weighted by Crippen LogP contribution is 2.19. The molecule has 0 saturated carbocycles. The molecular formula is C15H17N3O2. The van der Waals surface area contributed by atoms with Crippen molar-refractivity contribution in [1.29, 1.82) is 0 Å². The Morgan fingerprint density at radius 3 is 2.95 bits per heavy atom. The lowest BCUT2D eigenvalue weighted by Crippen LogP contribution is -2.14. The summed E-state index contributed by atoms with van der Waals surface area (Å²) >= 11 is 0. The summed E-state index contributed by atoms with van der Waals surface area (Å²) in [6.07, 6.45) is 3.21. The van der Waals surface area contributed by atoms with Gasteiger partial charge in [-0.1, -0.05) is 6.07 Å². The average molecular weight is 271 g/mol. The van der Waals surface area contributed by atoms with Crippen LogP contribution < -0.4 is 15.4 Å². The van der Waals surface area contributed by atoms with Crippen molar-refractivity contribution in [2.45, 2.75) is 6.92 Å². The molecule has 2 aromatic rings. The Hall–Kier alpha value is -2.56. The number of amides is 1. The first-order valence-electron chi connectivity index (χ1n) is 6.40. The van der Waals surface area contributed by atoms with E-state index in [0.717, 1.165) is 5.75 Å². The first-order chi connectivity index (χ1) is 9.74. The number of hydrogen-bond acceptors (Lipinski definition) is 4. The highest BCUT2D eigenvalue weighted by atomic mass is 16.5. The predicted molar refractivity (Wildman–Crippen MR) is 79.3 cm³/mol. The van der Waals surface area contributed by atoms with E-state index >= 15 is 0 Å². The minimum atomic E-state index is -0.189. The molecule has 0 spiro atoms. The predicted octanol–water partition coefficient (Wildman–Crippen LogP) is 2.77. The third-order valence-electron chi connectivity index (χ3n) is 2.74. The lowest BCUT2D eigenvalue weighted by atomic mass is 10.2. The summed E-state index contributed by atoms with van der Waals surface area (Å²) in [6.45, 7) is 2.51. The van der Waals surface area contributed by atoms with Gasteiger partial charge >= 0.3 is 0 Å². The number of carbonyl (C=O) groups excluding carboxylic acids is 1. The fourth-order valence-corrected chi connectivity index (χ4v) is 1.82. The van der Waals surface area contributed by atoms with Crippen LogP contribution in [0.4, 0.5) is 11.4 Å². The van der Waals surface area contributed by atoms with E-state index in [1.54, 1.807) is 31.6 Å². The smallest absolute Gasteiger partial charge is 0.257 e. The molecule has 5 heteroatoms. The van der Waals surface area contributed by atoms with Crippen LogP contribution in [0.1, 0.15) is 17.3 Å². The molecule has 1 aromatic carbocycles. The molecule has 2 rings (SSSR count). The van der Waals surface area contributed by atoms with Gasteiger partial charge in [0.1, 0.15) is 5.75 Å². The van der Waals surface area contributed by atoms with Gasteiger partial charge in [-0.15, -0.1) is 0 Å². The first-order valence-corrected chi connectivity index (χ1v) is 6.40. The number of anilines is 2. The number of carbonyl (C=O) groups is 1. The fraction of sp³-hybridized carbons (Fsp3) is 0.200. The summed E-state index contributed by atoms with van der Waals surface area (Å²) in [5, 5.41) is 5.79. The van der Waals surface area contributed by atoms with Crippen molar-refractivity contribution in [3.8, 4) is 5.75 Å². The quantitative estimate of drug-likeness (QED) is 0.877. The highest BCUT2D eigenvalue weighted by Gasteiger charge is 2.10. The van der Waals surface area contributed by atoms with Crippen molar-refractivity contribution in [3.05, 3.63) is 48.3 Å². The molecule has 104 valence electrons. The number of benzene rings is 1. The van der Waals surface area contributed by atoms with E-state index < -0.39 is 0 Å². The van der Waals surface area contributed by atoms with Gasteiger partial charge in [0.2, 0.25) is 0 Å². The second-order valence-electron chi connectivity index (χ2n) is 4.09. The third kappa shape index (κ3) is 3.26. The van der Waals surface area contributed by atoms with Gasteiger partial charge in [0, 0.05) is 25.0 Å². The van der Waals surface area contributed by atoms with Crippen LogP contribution in [-0.4, -0.2) is 24.5 Å². The number of pyridine rings is 1. The second-order valence-corrected chi connectivity index (χ2v) is 4.09. The van der Waals surface area contributed by atoms with Crippen LogP contribution in [0, 0.1) is 0 Å². The summed E-state index contributed by atoms with van der Waals surface area (Å²) < 4.78 is 5.41. The van der Waals surface area contributed by atoms with Crippen molar-refractivity contribution >= 4 is 17.3 Å². The molecule has 2 N–H and O–H groups in total. The Bertz CT molecular complexity index is 599. The zero-order valence-electron chi connectivity index (χ0n) is 11.5. The van der Waals surface area contributed by atoms with Gasteiger partial charge in [0.15, 0.2) is 0 Å². The van der Waals surface area contributed by atoms with Crippen LogP contribution in [-0.2, 0) is 0 Å². The molecule has 0 unspecified atom stereocenters. The van der Waals surface area contributed by atoms with Crippen molar-refractivity contribution in [1.82, 2.24) is 4.98 Å². The number of rotatable bonds is 5. The van der Waals surface area contributed by atoms with Gasteiger partial charge < -0.3 is 15.4 Å². The minimum absolute atomic E-state index is 0.189. The van der Waals surface area contributed by atoms with E-state index in [0.29, 0.717) is 23.5 Å². The van der Waals surface area contributed by atoms with Crippen molar-refractivity contribution in [2.24, 2.45) is 0 Å². The monoisotopic (exact) mass is 271 g/mol. The zero-order valence-corrected chi connectivity index (χ0v) is 11.5. The number of ether oxygens (including phenoxy) is 1. The van der Waals surface area contributed by atoms with Crippen LogP contribution in [0.25, 0.3) is 0 Å². The topological polar surface area (TPSA) is 63.2 Å². The molecule has 0 bridgehead atoms. The van der Waals surface area contributed by atoms with E-state index in [1.807, 2.05) is 25.1 Å². The molecule has 5 nitrogen and oxygen atoms in total. The van der Waals surface area contributed by atoms with Crippen molar-refractivity contribution < 1.29 is 9.53 Å². The lowest BCUT2D eigenvalue weighted by molar-refractivity contribution is 0.102. The molecule has 0 fully saturated rings. The van der Waals surface area contributed by atoms with Gasteiger partial charge in [-0.05, 0) is 25.1 Å². The molecule has 20 heavy (non-hydrogen) atoms. The van der Waals surface area contributed by atoms with Crippen LogP contribution >= 0.6 is 0 Å². The Kier molecular flexibility index (Phi) is 4.55. The SMILES string of the molecule is CCOc1cccc(NC(=O)c2ccncc2NC)c1. The third-order valence-corrected chi connectivity index (χ3v) is 2.74. The van der Waals surface area contributed by atoms with Crippen LogP contribution in [0.3, 0.4) is 0 Å². The Morgan fingerprint density at radius 1 is 1.35 bits per heavy atom. The summed E-state index contributed by atoms with van der Waals surface area (Å²) in [4.78, 5) is 16.2. The lowest BCUT2D eigenvalue weighted by Gasteiger charge is -2.10. The van der Waals surface area contributed by atoms with Gasteiger partial charge in [0.25, 0.3) is 5.91 Å². The molecule has 0 aliphatic rings. The number of nitrogens with one attached hydrogen (secondary N) is 2. The maximum Gasteiger partial charge on any atom is 0.257 e. The van der Waals surface area contributed by atoms with Crippen molar-refractivity contribution in [2.75, 3.05) is 24.3 Å². The second kappa shape index (κ2) is 6.56.